The van der Waals surface area contributed by atoms with E-state index in [9.17, 15) is 9.59 Å². The van der Waals surface area contributed by atoms with Gasteiger partial charge in [-0.05, 0) is 42.0 Å². The van der Waals surface area contributed by atoms with Crippen LogP contribution in [0.2, 0.25) is 0 Å². The highest BCUT2D eigenvalue weighted by Crippen LogP contribution is 2.27. The minimum atomic E-state index is -0.518. The lowest BCUT2D eigenvalue weighted by Gasteiger charge is -2.07. The van der Waals surface area contributed by atoms with Crippen molar-refractivity contribution in [1.29, 1.82) is 0 Å². The number of rotatable bonds is 5. The summed E-state index contributed by atoms with van der Waals surface area (Å²) in [6, 6.07) is 9.76. The van der Waals surface area contributed by atoms with Gasteiger partial charge in [0, 0.05) is 6.07 Å². The number of hydrogen-bond donors (Lipinski definition) is 1. The molecule has 1 aromatic heterocycles. The fourth-order valence-electron chi connectivity index (χ4n) is 2.62. The Kier molecular flexibility index (Phi) is 5.65. The highest BCUT2D eigenvalue weighted by Gasteiger charge is 2.11. The van der Waals surface area contributed by atoms with Gasteiger partial charge in [-0.3, -0.25) is 4.79 Å². The van der Waals surface area contributed by atoms with E-state index < -0.39 is 5.97 Å². The van der Waals surface area contributed by atoms with E-state index in [1.807, 2.05) is 0 Å². The number of methoxy groups -OCH3 is 3. The first-order valence-corrected chi connectivity index (χ1v) is 8.56. The number of ether oxygens (including phenoxy) is 3. The molecule has 1 N–H and O–H groups in total. The summed E-state index contributed by atoms with van der Waals surface area (Å²) >= 11 is 6.39. The van der Waals surface area contributed by atoms with Crippen molar-refractivity contribution in [2.24, 2.45) is 0 Å². The Morgan fingerprint density at radius 1 is 1.07 bits per heavy atom. The third kappa shape index (κ3) is 3.99. The largest absolute Gasteiger partial charge is 0.497 e. The molecule has 0 bridgehead atoms. The zero-order valence-electron chi connectivity index (χ0n) is 15.4. The van der Waals surface area contributed by atoms with Crippen LogP contribution in [-0.2, 0) is 4.74 Å². The fraction of sp³-hybridized carbons (Fsp3) is 0.150. The van der Waals surface area contributed by atoms with E-state index in [0.29, 0.717) is 28.0 Å². The Balaban J connectivity index is 2.08. The summed E-state index contributed by atoms with van der Waals surface area (Å²) in [6.45, 7) is 0. The maximum absolute atomic E-state index is 12.4. The molecule has 1 heterocycles. The van der Waals surface area contributed by atoms with Gasteiger partial charge in [-0.25, -0.2) is 9.78 Å². The van der Waals surface area contributed by atoms with Crippen LogP contribution in [0.15, 0.2) is 41.2 Å². The number of esters is 1. The Morgan fingerprint density at radius 3 is 2.36 bits per heavy atom. The molecule has 0 atom stereocenters. The molecule has 8 heteroatoms. The SMILES string of the molecule is COC(=O)c1ccc2c(=O)[nH]c(/C(Cl)=C/c3cc(OC)cc(OC)c3)nc2c1. The predicted octanol–water partition coefficient (Wildman–Crippen LogP) is 3.46. The molecule has 7 nitrogen and oxygen atoms in total. The number of nitrogens with one attached hydrogen (secondary N) is 1. The number of benzene rings is 2. The molecule has 2 aromatic carbocycles. The number of hydrogen-bond acceptors (Lipinski definition) is 6. The predicted molar refractivity (Wildman–Crippen MR) is 107 cm³/mol. The van der Waals surface area contributed by atoms with Gasteiger partial charge in [0.1, 0.15) is 11.5 Å². The van der Waals surface area contributed by atoms with Crippen molar-refractivity contribution in [3.63, 3.8) is 0 Å². The molecule has 0 saturated carbocycles. The van der Waals surface area contributed by atoms with Crippen LogP contribution in [0.3, 0.4) is 0 Å². The van der Waals surface area contributed by atoms with Crippen LogP contribution in [0.1, 0.15) is 21.7 Å². The van der Waals surface area contributed by atoms with E-state index in [0.717, 1.165) is 0 Å². The molecule has 0 aliphatic rings. The second kappa shape index (κ2) is 8.14. The van der Waals surface area contributed by atoms with Crippen LogP contribution >= 0.6 is 11.6 Å². The number of nitrogens with zero attached hydrogens (tertiary/aromatic N) is 1. The van der Waals surface area contributed by atoms with Crippen molar-refractivity contribution < 1.29 is 19.0 Å². The number of aromatic amines is 1. The monoisotopic (exact) mass is 400 g/mol. The lowest BCUT2D eigenvalue weighted by molar-refractivity contribution is 0.0601. The van der Waals surface area contributed by atoms with Gasteiger partial charge in [0.05, 0.1) is 42.8 Å². The number of aromatic nitrogens is 2. The fourth-order valence-corrected chi connectivity index (χ4v) is 2.84. The van der Waals surface area contributed by atoms with Crippen LogP contribution in [0.5, 0.6) is 11.5 Å². The summed E-state index contributed by atoms with van der Waals surface area (Å²) in [4.78, 5) is 31.1. The third-order valence-corrected chi connectivity index (χ3v) is 4.31. The average Bonchev–Trinajstić information content (AvgIpc) is 2.72. The first-order valence-electron chi connectivity index (χ1n) is 8.18. The zero-order chi connectivity index (χ0) is 20.3. The van der Waals surface area contributed by atoms with Gasteiger partial charge in [0.2, 0.25) is 0 Å². The third-order valence-electron chi connectivity index (χ3n) is 4.02. The van der Waals surface area contributed by atoms with Crippen molar-refractivity contribution in [2.45, 2.75) is 0 Å². The molecule has 0 aliphatic heterocycles. The molecule has 28 heavy (non-hydrogen) atoms. The van der Waals surface area contributed by atoms with Gasteiger partial charge in [-0.15, -0.1) is 0 Å². The number of carbonyl (C=O) groups is 1. The van der Waals surface area contributed by atoms with Gasteiger partial charge in [-0.1, -0.05) is 11.6 Å². The molecule has 0 saturated heterocycles. The van der Waals surface area contributed by atoms with E-state index in [2.05, 4.69) is 9.97 Å². The van der Waals surface area contributed by atoms with Crippen molar-refractivity contribution in [1.82, 2.24) is 9.97 Å². The average molecular weight is 401 g/mol. The summed E-state index contributed by atoms with van der Waals surface area (Å²) in [7, 11) is 4.38. The maximum atomic E-state index is 12.4. The molecular formula is C20H17ClN2O5. The molecule has 0 spiro atoms. The highest BCUT2D eigenvalue weighted by molar-refractivity contribution is 6.50. The standard InChI is InChI=1S/C20H17ClN2O5/c1-26-13-6-11(7-14(10-13)27-2)8-16(21)18-22-17-9-12(20(25)28-3)4-5-15(17)19(24)23-18/h4-10H,1-3H3,(H,22,23,24)/b16-8-. The Labute approximate surface area is 165 Å². The second-order valence-electron chi connectivity index (χ2n) is 5.78. The Hall–Kier alpha value is -3.32. The molecule has 0 radical (unpaired) electrons. The molecule has 0 amide bonds. The van der Waals surface area contributed by atoms with Crippen molar-refractivity contribution in [3.05, 3.63) is 63.7 Å². The zero-order valence-corrected chi connectivity index (χ0v) is 16.2. The summed E-state index contributed by atoms with van der Waals surface area (Å²) in [5.74, 6) is 0.842. The van der Waals surface area contributed by atoms with Gasteiger partial charge in [-0.2, -0.15) is 0 Å². The van der Waals surface area contributed by atoms with Crippen molar-refractivity contribution >= 4 is 39.6 Å². The van der Waals surface area contributed by atoms with Crippen molar-refractivity contribution in [2.75, 3.05) is 21.3 Å². The molecule has 144 valence electrons. The van der Waals surface area contributed by atoms with Crippen molar-refractivity contribution in [3.8, 4) is 11.5 Å². The number of fused-ring (bicyclic) bond motifs is 1. The van der Waals surface area contributed by atoms with Gasteiger partial charge < -0.3 is 19.2 Å². The maximum Gasteiger partial charge on any atom is 0.337 e. The van der Waals surface area contributed by atoms with E-state index >= 15 is 0 Å². The molecule has 0 aliphatic carbocycles. The minimum absolute atomic E-state index is 0.169. The van der Waals surface area contributed by atoms with E-state index in [1.54, 1.807) is 38.5 Å². The van der Waals surface area contributed by atoms with E-state index in [-0.39, 0.29) is 22.0 Å². The Bertz CT molecular complexity index is 1110. The van der Waals surface area contributed by atoms with Crippen LogP contribution in [-0.4, -0.2) is 37.3 Å². The topological polar surface area (TPSA) is 90.5 Å². The molecular weight excluding hydrogens is 384 g/mol. The first kappa shape index (κ1) is 19.4. The van der Waals surface area contributed by atoms with Crippen LogP contribution in [0, 0.1) is 0 Å². The minimum Gasteiger partial charge on any atom is -0.497 e. The van der Waals surface area contributed by atoms with E-state index in [1.165, 1.54) is 25.3 Å². The normalized spacial score (nSPS) is 11.4. The van der Waals surface area contributed by atoms with Gasteiger partial charge >= 0.3 is 5.97 Å². The first-order chi connectivity index (χ1) is 13.4. The summed E-state index contributed by atoms with van der Waals surface area (Å²) in [5.41, 5.74) is 0.951. The molecule has 0 unspecified atom stereocenters. The highest BCUT2D eigenvalue weighted by atomic mass is 35.5. The van der Waals surface area contributed by atoms with Crippen LogP contribution in [0.4, 0.5) is 0 Å². The van der Waals surface area contributed by atoms with Crippen LogP contribution in [0.25, 0.3) is 22.0 Å². The quantitative estimate of drug-likeness (QED) is 0.659. The summed E-state index contributed by atoms with van der Waals surface area (Å²) < 4.78 is 15.2. The summed E-state index contributed by atoms with van der Waals surface area (Å²) in [5, 5.41) is 0.543. The number of H-pyrrole nitrogens is 1. The smallest absolute Gasteiger partial charge is 0.337 e. The Morgan fingerprint density at radius 2 is 1.75 bits per heavy atom. The second-order valence-corrected chi connectivity index (χ2v) is 6.18. The molecule has 0 fully saturated rings. The number of halogens is 1. The molecule has 3 rings (SSSR count). The van der Waals surface area contributed by atoms with Crippen LogP contribution < -0.4 is 15.0 Å². The summed E-state index contributed by atoms with van der Waals surface area (Å²) in [6.07, 6.45) is 1.63. The van der Waals surface area contributed by atoms with Gasteiger partial charge in [0.15, 0.2) is 5.82 Å². The molecule has 3 aromatic rings. The van der Waals surface area contributed by atoms with Gasteiger partial charge in [0.25, 0.3) is 5.56 Å². The van der Waals surface area contributed by atoms with E-state index in [4.69, 9.17) is 25.8 Å². The number of carbonyl (C=O) groups excluding carboxylic acids is 1. The lowest BCUT2D eigenvalue weighted by atomic mass is 10.1. The lowest BCUT2D eigenvalue weighted by Crippen LogP contribution is -2.11.